The average Bonchev–Trinajstić information content (AvgIpc) is 2.89. The number of rotatable bonds is 17. The second kappa shape index (κ2) is 17.0. The van der Waals surface area contributed by atoms with Gasteiger partial charge in [-0.3, -0.25) is 19.2 Å². The van der Waals surface area contributed by atoms with Gasteiger partial charge >= 0.3 is 23.9 Å². The Kier molecular flexibility index (Phi) is 14.9. The maximum atomic E-state index is 12.8. The lowest BCUT2D eigenvalue weighted by Crippen LogP contribution is -2.53. The molecule has 9 nitrogen and oxygen atoms in total. The first-order valence-electron chi connectivity index (χ1n) is 14.4. The van der Waals surface area contributed by atoms with E-state index in [9.17, 15) is 19.2 Å². The lowest BCUT2D eigenvalue weighted by Gasteiger charge is -2.30. The van der Waals surface area contributed by atoms with Gasteiger partial charge in [-0.15, -0.1) is 0 Å². The highest BCUT2D eigenvalue weighted by Gasteiger charge is 2.38. The van der Waals surface area contributed by atoms with Crippen LogP contribution in [-0.2, 0) is 35.1 Å². The van der Waals surface area contributed by atoms with Crippen LogP contribution < -0.4 is 15.2 Å². The normalized spacial score (nSPS) is 15.6. The average molecular weight is 564 g/mol. The predicted molar refractivity (Wildman–Crippen MR) is 153 cm³/mol. The van der Waals surface area contributed by atoms with Gasteiger partial charge in [-0.25, -0.2) is 0 Å². The summed E-state index contributed by atoms with van der Waals surface area (Å²) in [5.41, 5.74) is 5.58. The molecular formula is C31H49NO8. The number of esters is 4. The van der Waals surface area contributed by atoms with Crippen LogP contribution in [0, 0.1) is 17.8 Å². The van der Waals surface area contributed by atoms with Gasteiger partial charge in [0.15, 0.2) is 11.5 Å². The molecule has 1 aromatic carbocycles. The minimum atomic E-state index is -1.53. The summed E-state index contributed by atoms with van der Waals surface area (Å²) in [5.74, 6) is -1.73. The highest BCUT2D eigenvalue weighted by molar-refractivity contribution is 5.81. The molecule has 0 saturated heterocycles. The fourth-order valence-corrected chi connectivity index (χ4v) is 4.23. The summed E-state index contributed by atoms with van der Waals surface area (Å²) in [4.78, 5) is 50.4. The van der Waals surface area contributed by atoms with Gasteiger partial charge in [0.2, 0.25) is 0 Å². The molecule has 4 unspecified atom stereocenters. The zero-order chi connectivity index (χ0) is 30.5. The van der Waals surface area contributed by atoms with Crippen LogP contribution >= 0.6 is 0 Å². The smallest absolute Gasteiger partial charge is 0.326 e. The number of benzene rings is 1. The van der Waals surface area contributed by atoms with E-state index in [0.717, 1.165) is 19.3 Å². The van der Waals surface area contributed by atoms with Crippen LogP contribution in [0.5, 0.6) is 11.5 Å². The Balaban J connectivity index is 3.26. The van der Waals surface area contributed by atoms with E-state index in [1.165, 1.54) is 13.2 Å². The van der Waals surface area contributed by atoms with Crippen molar-refractivity contribution in [3.63, 3.8) is 0 Å². The zero-order valence-electron chi connectivity index (χ0n) is 25.5. The molecule has 0 amide bonds. The second-order valence-corrected chi connectivity index (χ2v) is 11.1. The molecule has 0 aliphatic rings. The van der Waals surface area contributed by atoms with Crippen molar-refractivity contribution in [2.45, 2.75) is 111 Å². The number of hydrogen-bond acceptors (Lipinski definition) is 9. The lowest BCUT2D eigenvalue weighted by molar-refractivity contribution is -0.157. The molecule has 0 radical (unpaired) electrons. The first-order chi connectivity index (χ1) is 18.8. The molecule has 226 valence electrons. The monoisotopic (exact) mass is 563 g/mol. The molecule has 0 saturated carbocycles. The fourth-order valence-electron chi connectivity index (χ4n) is 4.23. The van der Waals surface area contributed by atoms with E-state index in [1.54, 1.807) is 26.0 Å². The third-order valence-corrected chi connectivity index (χ3v) is 7.08. The number of nitrogens with two attached hydrogens (primary N) is 1. The van der Waals surface area contributed by atoms with Gasteiger partial charge in [0.05, 0.1) is 13.0 Å². The topological polar surface area (TPSA) is 131 Å². The van der Waals surface area contributed by atoms with E-state index in [4.69, 9.17) is 24.7 Å². The Bertz CT molecular complexity index is 994. The number of hydrogen-bond donors (Lipinski definition) is 1. The summed E-state index contributed by atoms with van der Waals surface area (Å²) >= 11 is 0. The molecule has 9 heteroatoms. The van der Waals surface area contributed by atoms with Crippen LogP contribution in [0.15, 0.2) is 18.2 Å². The molecule has 0 heterocycles. The highest BCUT2D eigenvalue weighted by Crippen LogP contribution is 2.32. The van der Waals surface area contributed by atoms with Crippen molar-refractivity contribution in [3.05, 3.63) is 23.8 Å². The third kappa shape index (κ3) is 11.7. The molecule has 5 atom stereocenters. The van der Waals surface area contributed by atoms with Crippen LogP contribution in [0.1, 0.15) is 99.0 Å². The van der Waals surface area contributed by atoms with Crippen molar-refractivity contribution in [1.82, 2.24) is 0 Å². The molecule has 0 aliphatic heterocycles. The quantitative estimate of drug-likeness (QED) is 0.192. The maximum Gasteiger partial charge on any atom is 0.326 e. The van der Waals surface area contributed by atoms with Gasteiger partial charge < -0.3 is 24.7 Å². The third-order valence-electron chi connectivity index (χ3n) is 7.08. The molecule has 0 fully saturated rings. The number of methoxy groups -OCH3 is 1. The van der Waals surface area contributed by atoms with Crippen molar-refractivity contribution < 1.29 is 38.1 Å². The van der Waals surface area contributed by atoms with Gasteiger partial charge in [0.25, 0.3) is 0 Å². The summed E-state index contributed by atoms with van der Waals surface area (Å²) < 4.78 is 21.8. The number of carbonyl (C=O) groups excluding carboxylic acids is 4. The molecule has 1 aromatic rings. The Morgan fingerprint density at radius 1 is 0.875 bits per heavy atom. The van der Waals surface area contributed by atoms with Crippen molar-refractivity contribution >= 4 is 23.9 Å². The molecule has 0 bridgehead atoms. The predicted octanol–water partition coefficient (Wildman–Crippen LogP) is 5.54. The van der Waals surface area contributed by atoms with Crippen molar-refractivity contribution in [2.24, 2.45) is 23.5 Å². The summed E-state index contributed by atoms with van der Waals surface area (Å²) in [5, 5.41) is 0. The fraction of sp³-hybridized carbons (Fsp3) is 0.677. The van der Waals surface area contributed by atoms with Gasteiger partial charge in [-0.1, -0.05) is 66.9 Å². The Labute approximate surface area is 239 Å². The molecular weight excluding hydrogens is 514 g/mol. The van der Waals surface area contributed by atoms with Gasteiger partial charge in [-0.2, -0.15) is 0 Å². The lowest BCUT2D eigenvalue weighted by atomic mass is 9.86. The standard InChI is InChI=1S/C31H49NO8/c1-9-12-22(6)29(35)38-23(7)18-31(32,30(36)37-8)19-24-13-14-25(39-27(33)15-20(4)10-2)26(17-24)40-28(34)16-21(5)11-3/h13-14,17,20-23H,9-12,15-16,18-19,32H2,1-8H3/t20?,21?,22?,23?,31-/m1/s1. The largest absolute Gasteiger partial charge is 0.468 e. The molecule has 2 N–H and O–H groups in total. The zero-order valence-corrected chi connectivity index (χ0v) is 25.5. The van der Waals surface area contributed by atoms with Crippen molar-refractivity contribution in [2.75, 3.05) is 7.11 Å². The number of carbonyl (C=O) groups is 4. The Hall–Kier alpha value is -2.94. The Morgan fingerprint density at radius 3 is 1.93 bits per heavy atom. The minimum absolute atomic E-state index is 0.00306. The van der Waals surface area contributed by atoms with Crippen LogP contribution in [0.2, 0.25) is 0 Å². The van der Waals surface area contributed by atoms with Crippen LogP contribution in [0.4, 0.5) is 0 Å². The van der Waals surface area contributed by atoms with Gasteiger partial charge in [0.1, 0.15) is 11.6 Å². The SMILES string of the molecule is CCCC(C)C(=O)OC(C)C[C@@](N)(Cc1ccc(OC(=O)CC(C)CC)c(OC(=O)CC(C)CC)c1)C(=O)OC. The summed E-state index contributed by atoms with van der Waals surface area (Å²) in [6.45, 7) is 13.3. The van der Waals surface area contributed by atoms with E-state index in [1.807, 2.05) is 34.6 Å². The first-order valence-corrected chi connectivity index (χ1v) is 14.4. The van der Waals surface area contributed by atoms with Crippen molar-refractivity contribution in [1.29, 1.82) is 0 Å². The highest BCUT2D eigenvalue weighted by atomic mass is 16.6. The Morgan fingerprint density at radius 2 is 1.43 bits per heavy atom. The molecule has 1 rings (SSSR count). The molecule has 0 aliphatic carbocycles. The van der Waals surface area contributed by atoms with Crippen LogP contribution in [0.25, 0.3) is 0 Å². The van der Waals surface area contributed by atoms with Crippen molar-refractivity contribution in [3.8, 4) is 11.5 Å². The van der Waals surface area contributed by atoms with E-state index >= 15 is 0 Å². The molecule has 40 heavy (non-hydrogen) atoms. The van der Waals surface area contributed by atoms with Crippen LogP contribution in [-0.4, -0.2) is 42.6 Å². The van der Waals surface area contributed by atoms with E-state index < -0.39 is 29.6 Å². The number of ether oxygens (including phenoxy) is 4. The van der Waals surface area contributed by atoms with E-state index in [0.29, 0.717) is 12.0 Å². The summed E-state index contributed by atoms with van der Waals surface area (Å²) in [7, 11) is 1.24. The van der Waals surface area contributed by atoms with E-state index in [-0.39, 0.29) is 60.9 Å². The van der Waals surface area contributed by atoms with E-state index in [2.05, 4.69) is 0 Å². The van der Waals surface area contributed by atoms with Crippen LogP contribution in [0.3, 0.4) is 0 Å². The first kappa shape index (κ1) is 35.1. The second-order valence-electron chi connectivity index (χ2n) is 11.1. The van der Waals surface area contributed by atoms with Gasteiger partial charge in [0, 0.05) is 25.7 Å². The summed E-state index contributed by atoms with van der Waals surface area (Å²) in [6, 6.07) is 4.73. The molecule has 0 spiro atoms. The molecule has 0 aromatic heterocycles. The summed E-state index contributed by atoms with van der Waals surface area (Å²) in [6.07, 6.45) is 2.96. The van der Waals surface area contributed by atoms with Gasteiger partial charge in [-0.05, 0) is 42.9 Å². The maximum absolute atomic E-state index is 12.8. The minimum Gasteiger partial charge on any atom is -0.468 e.